The minimum absolute atomic E-state index is 0.173. The summed E-state index contributed by atoms with van der Waals surface area (Å²) in [5.74, 6) is 0. The maximum absolute atomic E-state index is 8.53. The van der Waals surface area contributed by atoms with Crippen molar-refractivity contribution in [2.45, 2.75) is 13.5 Å². The SMILES string of the molecule is Cc1cccnc1CNCCO. The van der Waals surface area contributed by atoms with E-state index in [-0.39, 0.29) is 6.61 Å². The number of aliphatic hydroxyl groups is 1. The van der Waals surface area contributed by atoms with Crippen LogP contribution in [0.1, 0.15) is 11.3 Å². The second-order valence-electron chi connectivity index (χ2n) is 2.67. The van der Waals surface area contributed by atoms with Gasteiger partial charge in [-0.2, -0.15) is 0 Å². The molecule has 3 nitrogen and oxygen atoms in total. The first-order chi connectivity index (χ1) is 5.84. The zero-order chi connectivity index (χ0) is 8.81. The van der Waals surface area contributed by atoms with E-state index >= 15 is 0 Å². The second-order valence-corrected chi connectivity index (χ2v) is 2.67. The highest BCUT2D eigenvalue weighted by molar-refractivity contribution is 5.17. The third kappa shape index (κ3) is 2.60. The fraction of sp³-hybridized carbons (Fsp3) is 0.444. The maximum atomic E-state index is 8.53. The van der Waals surface area contributed by atoms with E-state index in [1.807, 2.05) is 19.1 Å². The van der Waals surface area contributed by atoms with Crippen LogP contribution in [0.4, 0.5) is 0 Å². The molecule has 0 saturated carbocycles. The summed E-state index contributed by atoms with van der Waals surface area (Å²) < 4.78 is 0. The lowest BCUT2D eigenvalue weighted by molar-refractivity contribution is 0.291. The first-order valence-corrected chi connectivity index (χ1v) is 4.06. The molecule has 1 aromatic heterocycles. The smallest absolute Gasteiger partial charge is 0.0570 e. The fourth-order valence-electron chi connectivity index (χ4n) is 0.989. The Morgan fingerprint density at radius 3 is 3.08 bits per heavy atom. The van der Waals surface area contributed by atoms with Gasteiger partial charge in [-0.05, 0) is 18.6 Å². The van der Waals surface area contributed by atoms with Crippen molar-refractivity contribution in [2.75, 3.05) is 13.2 Å². The summed E-state index contributed by atoms with van der Waals surface area (Å²) in [5, 5.41) is 11.6. The van der Waals surface area contributed by atoms with Crippen molar-refractivity contribution in [3.05, 3.63) is 29.6 Å². The van der Waals surface area contributed by atoms with Crippen LogP contribution in [0.3, 0.4) is 0 Å². The van der Waals surface area contributed by atoms with Gasteiger partial charge in [-0.25, -0.2) is 0 Å². The Hall–Kier alpha value is -0.930. The van der Waals surface area contributed by atoms with Crippen LogP contribution >= 0.6 is 0 Å². The standard InChI is InChI=1S/C9H14N2O/c1-8-3-2-4-11-9(8)7-10-5-6-12/h2-4,10,12H,5-7H2,1H3. The second kappa shape index (κ2) is 4.85. The van der Waals surface area contributed by atoms with Crippen LogP contribution in [0, 0.1) is 6.92 Å². The molecule has 12 heavy (non-hydrogen) atoms. The lowest BCUT2D eigenvalue weighted by Gasteiger charge is -2.04. The topological polar surface area (TPSA) is 45.2 Å². The lowest BCUT2D eigenvalue weighted by atomic mass is 10.2. The molecule has 0 fully saturated rings. The largest absolute Gasteiger partial charge is 0.395 e. The van der Waals surface area contributed by atoms with Crippen molar-refractivity contribution < 1.29 is 5.11 Å². The summed E-state index contributed by atoms with van der Waals surface area (Å²) in [4.78, 5) is 4.21. The fourth-order valence-corrected chi connectivity index (χ4v) is 0.989. The molecule has 66 valence electrons. The quantitative estimate of drug-likeness (QED) is 0.639. The Bertz CT molecular complexity index is 238. The number of pyridine rings is 1. The number of hydrogen-bond donors (Lipinski definition) is 2. The van der Waals surface area contributed by atoms with E-state index in [0.29, 0.717) is 6.54 Å². The van der Waals surface area contributed by atoms with Crippen LogP contribution in [0.2, 0.25) is 0 Å². The summed E-state index contributed by atoms with van der Waals surface area (Å²) in [7, 11) is 0. The molecule has 0 atom stereocenters. The number of hydrogen-bond acceptors (Lipinski definition) is 3. The van der Waals surface area contributed by atoms with Crippen LogP contribution in [0.25, 0.3) is 0 Å². The predicted octanol–water partition coefficient (Wildman–Crippen LogP) is 0.472. The molecule has 0 aliphatic heterocycles. The summed E-state index contributed by atoms with van der Waals surface area (Å²) in [5.41, 5.74) is 2.23. The van der Waals surface area contributed by atoms with Crippen molar-refractivity contribution in [3.8, 4) is 0 Å². The van der Waals surface area contributed by atoms with Gasteiger partial charge in [-0.15, -0.1) is 0 Å². The van der Waals surface area contributed by atoms with E-state index in [0.717, 1.165) is 12.2 Å². The van der Waals surface area contributed by atoms with Crippen molar-refractivity contribution >= 4 is 0 Å². The summed E-state index contributed by atoms with van der Waals surface area (Å²) >= 11 is 0. The maximum Gasteiger partial charge on any atom is 0.0570 e. The van der Waals surface area contributed by atoms with Crippen LogP contribution < -0.4 is 5.32 Å². The van der Waals surface area contributed by atoms with Crippen molar-refractivity contribution in [1.29, 1.82) is 0 Å². The monoisotopic (exact) mass is 166 g/mol. The molecule has 0 unspecified atom stereocenters. The molecule has 0 amide bonds. The number of aryl methyl sites for hydroxylation is 1. The van der Waals surface area contributed by atoms with Crippen LogP contribution in [-0.2, 0) is 6.54 Å². The van der Waals surface area contributed by atoms with Gasteiger partial charge in [0.05, 0.1) is 12.3 Å². The lowest BCUT2D eigenvalue weighted by Crippen LogP contribution is -2.18. The Morgan fingerprint density at radius 2 is 2.42 bits per heavy atom. The van der Waals surface area contributed by atoms with Crippen molar-refractivity contribution in [3.63, 3.8) is 0 Å². The molecule has 2 N–H and O–H groups in total. The van der Waals surface area contributed by atoms with E-state index in [2.05, 4.69) is 10.3 Å². The first kappa shape index (κ1) is 9.16. The zero-order valence-corrected chi connectivity index (χ0v) is 7.25. The first-order valence-electron chi connectivity index (χ1n) is 4.06. The minimum atomic E-state index is 0.173. The number of rotatable bonds is 4. The molecule has 1 aromatic rings. The molecule has 0 aromatic carbocycles. The number of nitrogens with zero attached hydrogens (tertiary/aromatic N) is 1. The van der Waals surface area contributed by atoms with Crippen LogP contribution in [0.15, 0.2) is 18.3 Å². The summed E-state index contributed by atoms with van der Waals surface area (Å²) in [6.45, 7) is 3.55. The molecule has 3 heteroatoms. The van der Waals surface area contributed by atoms with Crippen molar-refractivity contribution in [1.82, 2.24) is 10.3 Å². The predicted molar refractivity (Wildman–Crippen MR) is 47.8 cm³/mol. The molecular weight excluding hydrogens is 152 g/mol. The Kier molecular flexibility index (Phi) is 3.70. The average molecular weight is 166 g/mol. The van der Waals surface area contributed by atoms with E-state index in [4.69, 9.17) is 5.11 Å². The zero-order valence-electron chi connectivity index (χ0n) is 7.25. The normalized spacial score (nSPS) is 10.2. The van der Waals surface area contributed by atoms with Gasteiger partial charge in [0.15, 0.2) is 0 Å². The molecule has 0 saturated heterocycles. The molecule has 1 rings (SSSR count). The highest BCUT2D eigenvalue weighted by Gasteiger charge is 1.96. The van der Waals surface area contributed by atoms with Gasteiger partial charge in [0, 0.05) is 19.3 Å². The van der Waals surface area contributed by atoms with E-state index < -0.39 is 0 Å². The molecule has 0 aliphatic rings. The molecule has 0 spiro atoms. The van der Waals surface area contributed by atoms with Crippen molar-refractivity contribution in [2.24, 2.45) is 0 Å². The number of aromatic nitrogens is 1. The highest BCUT2D eigenvalue weighted by Crippen LogP contribution is 2.01. The van der Waals surface area contributed by atoms with E-state index in [1.54, 1.807) is 6.20 Å². The molecule has 1 heterocycles. The van der Waals surface area contributed by atoms with Gasteiger partial charge in [0.2, 0.25) is 0 Å². The van der Waals surface area contributed by atoms with Gasteiger partial charge in [-0.3, -0.25) is 4.98 Å². The number of nitrogens with one attached hydrogen (secondary N) is 1. The Balaban J connectivity index is 2.46. The third-order valence-electron chi connectivity index (χ3n) is 1.70. The van der Waals surface area contributed by atoms with Crippen LogP contribution in [0.5, 0.6) is 0 Å². The van der Waals surface area contributed by atoms with Gasteiger partial charge < -0.3 is 10.4 Å². The molecular formula is C9H14N2O. The summed E-state index contributed by atoms with van der Waals surface area (Å²) in [6.07, 6.45) is 1.78. The van der Waals surface area contributed by atoms with Gasteiger partial charge >= 0.3 is 0 Å². The van der Waals surface area contributed by atoms with E-state index in [1.165, 1.54) is 5.56 Å². The van der Waals surface area contributed by atoms with Gasteiger partial charge in [0.1, 0.15) is 0 Å². The Morgan fingerprint density at radius 1 is 1.58 bits per heavy atom. The third-order valence-corrected chi connectivity index (χ3v) is 1.70. The number of aliphatic hydroxyl groups excluding tert-OH is 1. The average Bonchev–Trinajstić information content (AvgIpc) is 2.09. The Labute approximate surface area is 72.5 Å². The minimum Gasteiger partial charge on any atom is -0.395 e. The molecule has 0 aliphatic carbocycles. The molecule has 0 radical (unpaired) electrons. The molecule has 0 bridgehead atoms. The van der Waals surface area contributed by atoms with Gasteiger partial charge in [-0.1, -0.05) is 6.07 Å². The summed E-state index contributed by atoms with van der Waals surface area (Å²) in [6, 6.07) is 3.95. The van der Waals surface area contributed by atoms with E-state index in [9.17, 15) is 0 Å². The highest BCUT2D eigenvalue weighted by atomic mass is 16.3. The van der Waals surface area contributed by atoms with Gasteiger partial charge in [0.25, 0.3) is 0 Å². The van der Waals surface area contributed by atoms with Crippen LogP contribution in [-0.4, -0.2) is 23.2 Å².